The van der Waals surface area contributed by atoms with Crippen LogP contribution in [0.5, 0.6) is 0 Å². The first-order valence-corrected chi connectivity index (χ1v) is 10.5. The number of imidazole rings is 1. The third kappa shape index (κ3) is 4.14. The summed E-state index contributed by atoms with van der Waals surface area (Å²) in [4.78, 5) is 24.9. The summed E-state index contributed by atoms with van der Waals surface area (Å²) < 4.78 is 2.06. The minimum Gasteiger partial charge on any atom is -0.306 e. The predicted octanol–water partition coefficient (Wildman–Crippen LogP) is 4.08. The first-order chi connectivity index (χ1) is 14.4. The SMILES string of the molecule is Cc1cn2cc(-c3ccc(N=C(C4CCN(C)CC4)N(C)C=O)c(C)c3)ccc2n1. The van der Waals surface area contributed by atoms with Crippen molar-refractivity contribution in [3.8, 4) is 11.1 Å². The number of hydrogen-bond acceptors (Lipinski definition) is 4. The molecule has 1 aliphatic heterocycles. The standard InChI is InChI=1S/C24H29N5O/c1-17-13-20(21-6-8-23-25-18(2)14-29(23)15-21)5-7-22(17)26-24(28(4)16-30)19-9-11-27(3)12-10-19/h5-8,13-16,19H,9-12H2,1-4H3. The molecule has 0 bridgehead atoms. The number of hydrogen-bond donors (Lipinski definition) is 0. The lowest BCUT2D eigenvalue weighted by atomic mass is 9.95. The van der Waals surface area contributed by atoms with Crippen LogP contribution in [0.2, 0.25) is 0 Å². The average molecular weight is 404 g/mol. The second-order valence-electron chi connectivity index (χ2n) is 8.33. The maximum Gasteiger partial charge on any atom is 0.214 e. The Morgan fingerprint density at radius 1 is 1.13 bits per heavy atom. The van der Waals surface area contributed by atoms with Gasteiger partial charge in [0, 0.05) is 25.4 Å². The summed E-state index contributed by atoms with van der Waals surface area (Å²) in [6.07, 6.45) is 7.05. The van der Waals surface area contributed by atoms with E-state index in [-0.39, 0.29) is 0 Å². The van der Waals surface area contributed by atoms with Crippen molar-refractivity contribution in [1.82, 2.24) is 19.2 Å². The number of aromatic nitrogens is 2. The molecule has 30 heavy (non-hydrogen) atoms. The predicted molar refractivity (Wildman–Crippen MR) is 121 cm³/mol. The highest BCUT2D eigenvalue weighted by Gasteiger charge is 2.24. The average Bonchev–Trinajstić information content (AvgIpc) is 3.12. The van der Waals surface area contributed by atoms with E-state index >= 15 is 0 Å². The number of rotatable bonds is 4. The number of likely N-dealkylation sites (tertiary alicyclic amines) is 1. The maximum absolute atomic E-state index is 11.5. The van der Waals surface area contributed by atoms with E-state index in [0.29, 0.717) is 5.92 Å². The van der Waals surface area contributed by atoms with Gasteiger partial charge in [0.1, 0.15) is 11.5 Å². The van der Waals surface area contributed by atoms with Crippen LogP contribution >= 0.6 is 0 Å². The number of fused-ring (bicyclic) bond motifs is 1. The summed E-state index contributed by atoms with van der Waals surface area (Å²) in [5, 5.41) is 0. The van der Waals surface area contributed by atoms with Crippen LogP contribution < -0.4 is 0 Å². The molecule has 4 rings (SSSR count). The number of nitrogens with zero attached hydrogens (tertiary/aromatic N) is 5. The largest absolute Gasteiger partial charge is 0.306 e. The molecule has 0 N–H and O–H groups in total. The van der Waals surface area contributed by atoms with E-state index in [1.54, 1.807) is 11.9 Å². The molecule has 0 unspecified atom stereocenters. The smallest absolute Gasteiger partial charge is 0.214 e. The minimum atomic E-state index is 0.308. The van der Waals surface area contributed by atoms with E-state index in [9.17, 15) is 4.79 Å². The molecule has 3 heterocycles. The van der Waals surface area contributed by atoms with Gasteiger partial charge in [0.05, 0.1) is 11.4 Å². The van der Waals surface area contributed by atoms with Gasteiger partial charge in [0.15, 0.2) is 0 Å². The Balaban J connectivity index is 1.65. The molecular weight excluding hydrogens is 374 g/mol. The quantitative estimate of drug-likeness (QED) is 0.375. The zero-order valence-corrected chi connectivity index (χ0v) is 18.2. The zero-order chi connectivity index (χ0) is 21.3. The van der Waals surface area contributed by atoms with Gasteiger partial charge in [0.2, 0.25) is 6.41 Å². The maximum atomic E-state index is 11.5. The van der Waals surface area contributed by atoms with Gasteiger partial charge >= 0.3 is 0 Å². The number of pyridine rings is 1. The molecule has 1 aromatic carbocycles. The summed E-state index contributed by atoms with van der Waals surface area (Å²) in [6.45, 7) is 6.15. The first-order valence-electron chi connectivity index (χ1n) is 10.5. The topological polar surface area (TPSA) is 53.2 Å². The molecule has 1 aliphatic rings. The summed E-state index contributed by atoms with van der Waals surface area (Å²) in [6, 6.07) is 10.5. The molecule has 6 heteroatoms. The van der Waals surface area contributed by atoms with Gasteiger partial charge in [0.25, 0.3) is 0 Å². The highest BCUT2D eigenvalue weighted by Crippen LogP contribution is 2.29. The molecule has 1 amide bonds. The Kier molecular flexibility index (Phi) is 5.68. The van der Waals surface area contributed by atoms with Gasteiger partial charge in [-0.3, -0.25) is 4.79 Å². The van der Waals surface area contributed by atoms with Gasteiger partial charge < -0.3 is 14.2 Å². The highest BCUT2D eigenvalue weighted by atomic mass is 16.1. The van der Waals surface area contributed by atoms with Crippen molar-refractivity contribution in [3.63, 3.8) is 0 Å². The Bertz CT molecular complexity index is 1090. The normalized spacial score (nSPS) is 16.2. The van der Waals surface area contributed by atoms with Crippen molar-refractivity contribution in [1.29, 1.82) is 0 Å². The van der Waals surface area contributed by atoms with Gasteiger partial charge in [-0.15, -0.1) is 0 Å². The second kappa shape index (κ2) is 8.40. The highest BCUT2D eigenvalue weighted by molar-refractivity contribution is 5.94. The first kappa shape index (κ1) is 20.3. The van der Waals surface area contributed by atoms with Crippen molar-refractivity contribution in [2.75, 3.05) is 27.2 Å². The van der Waals surface area contributed by atoms with Crippen LogP contribution in [0.3, 0.4) is 0 Å². The van der Waals surface area contributed by atoms with E-state index in [0.717, 1.165) is 71.9 Å². The molecule has 156 valence electrons. The summed E-state index contributed by atoms with van der Waals surface area (Å²) in [5.41, 5.74) is 6.26. The van der Waals surface area contributed by atoms with Crippen molar-refractivity contribution in [2.24, 2.45) is 10.9 Å². The molecule has 0 atom stereocenters. The fourth-order valence-electron chi connectivity index (χ4n) is 4.15. The number of amidine groups is 1. The fraction of sp³-hybridized carbons (Fsp3) is 0.375. The Labute approximate surface area is 177 Å². The molecule has 3 aromatic rings. The third-order valence-electron chi connectivity index (χ3n) is 5.94. The molecule has 2 aromatic heterocycles. The number of carbonyl (C=O) groups excluding carboxylic acids is 1. The molecule has 1 saturated heterocycles. The van der Waals surface area contributed by atoms with Gasteiger partial charge in [-0.2, -0.15) is 0 Å². The number of piperidine rings is 1. The number of carbonyl (C=O) groups is 1. The number of amides is 1. The van der Waals surface area contributed by atoms with Crippen LogP contribution in [0.4, 0.5) is 5.69 Å². The molecular formula is C24H29N5O. The van der Waals surface area contributed by atoms with E-state index in [4.69, 9.17) is 4.99 Å². The summed E-state index contributed by atoms with van der Waals surface area (Å²) in [7, 11) is 3.94. The Morgan fingerprint density at radius 2 is 1.87 bits per heavy atom. The molecule has 0 saturated carbocycles. The number of benzene rings is 1. The Morgan fingerprint density at radius 3 is 2.57 bits per heavy atom. The molecule has 1 fully saturated rings. The van der Waals surface area contributed by atoms with Crippen molar-refractivity contribution in [3.05, 3.63) is 54.0 Å². The van der Waals surface area contributed by atoms with Gasteiger partial charge in [-0.05, 0) is 87.8 Å². The summed E-state index contributed by atoms with van der Waals surface area (Å²) in [5.74, 6) is 1.17. The lowest BCUT2D eigenvalue weighted by molar-refractivity contribution is -0.114. The van der Waals surface area contributed by atoms with Gasteiger partial charge in [-0.25, -0.2) is 9.98 Å². The van der Waals surface area contributed by atoms with Crippen LogP contribution in [-0.4, -0.2) is 58.6 Å². The van der Waals surface area contributed by atoms with Crippen molar-refractivity contribution < 1.29 is 4.79 Å². The summed E-state index contributed by atoms with van der Waals surface area (Å²) >= 11 is 0. The van der Waals surface area contributed by atoms with Crippen LogP contribution in [0.1, 0.15) is 24.1 Å². The van der Waals surface area contributed by atoms with Crippen LogP contribution in [0.15, 0.2) is 47.7 Å². The van der Waals surface area contributed by atoms with Crippen LogP contribution in [0.25, 0.3) is 16.8 Å². The second-order valence-corrected chi connectivity index (χ2v) is 8.33. The molecule has 0 spiro atoms. The fourth-order valence-corrected chi connectivity index (χ4v) is 4.15. The minimum absolute atomic E-state index is 0.308. The van der Waals surface area contributed by atoms with Gasteiger partial charge in [-0.1, -0.05) is 6.07 Å². The van der Waals surface area contributed by atoms with Crippen molar-refractivity contribution >= 4 is 23.6 Å². The van der Waals surface area contributed by atoms with Crippen LogP contribution in [-0.2, 0) is 4.79 Å². The third-order valence-corrected chi connectivity index (χ3v) is 5.94. The monoisotopic (exact) mass is 403 g/mol. The van der Waals surface area contributed by atoms with E-state index < -0.39 is 0 Å². The van der Waals surface area contributed by atoms with Crippen molar-refractivity contribution in [2.45, 2.75) is 26.7 Å². The van der Waals surface area contributed by atoms with E-state index in [1.807, 2.05) is 19.2 Å². The van der Waals surface area contributed by atoms with E-state index in [2.05, 4.69) is 58.7 Å². The number of aryl methyl sites for hydroxylation is 2. The van der Waals surface area contributed by atoms with E-state index in [1.165, 1.54) is 0 Å². The lowest BCUT2D eigenvalue weighted by Gasteiger charge is -2.31. The lowest BCUT2D eigenvalue weighted by Crippen LogP contribution is -2.39. The van der Waals surface area contributed by atoms with Crippen LogP contribution in [0, 0.1) is 19.8 Å². The molecule has 6 nitrogen and oxygen atoms in total. The zero-order valence-electron chi connectivity index (χ0n) is 18.2. The Hall–Kier alpha value is -2.99. The number of aliphatic imine (C=N–C) groups is 1. The molecule has 0 radical (unpaired) electrons. The molecule has 0 aliphatic carbocycles.